The number of hydrogen-bond acceptors (Lipinski definition) is 2. The first-order chi connectivity index (χ1) is 7.56. The molecule has 0 aromatic heterocycles. The van der Waals surface area contributed by atoms with Crippen LogP contribution in [0.2, 0.25) is 0 Å². The highest BCUT2D eigenvalue weighted by molar-refractivity contribution is 5.69. The van der Waals surface area contributed by atoms with Crippen LogP contribution < -0.4 is 0 Å². The molecule has 1 fully saturated rings. The summed E-state index contributed by atoms with van der Waals surface area (Å²) in [5, 5.41) is 0. The van der Waals surface area contributed by atoms with Crippen molar-refractivity contribution in [1.29, 1.82) is 0 Å². The third-order valence-corrected chi connectivity index (χ3v) is 3.77. The van der Waals surface area contributed by atoms with Gasteiger partial charge in [0.15, 0.2) is 0 Å². The Morgan fingerprint density at radius 3 is 2.50 bits per heavy atom. The Kier molecular flexibility index (Phi) is 5.23. The molecule has 3 atom stereocenters. The molecule has 2 nitrogen and oxygen atoms in total. The number of alkyl halides is 1. The van der Waals surface area contributed by atoms with Crippen LogP contribution in [0, 0.1) is 17.8 Å². The van der Waals surface area contributed by atoms with E-state index in [1.807, 2.05) is 0 Å². The van der Waals surface area contributed by atoms with Crippen molar-refractivity contribution in [3.63, 3.8) is 0 Å². The summed E-state index contributed by atoms with van der Waals surface area (Å²) in [6.07, 6.45) is 3.29. The van der Waals surface area contributed by atoms with Gasteiger partial charge < -0.3 is 4.74 Å². The lowest BCUT2D eigenvalue weighted by atomic mass is 9.72. The average Bonchev–Trinajstić information content (AvgIpc) is 2.26. The lowest BCUT2D eigenvalue weighted by molar-refractivity contribution is -0.143. The predicted octanol–water partition coefficient (Wildman–Crippen LogP) is 3.35. The van der Waals surface area contributed by atoms with Gasteiger partial charge in [-0.2, -0.15) is 0 Å². The molecule has 3 unspecified atom stereocenters. The molecule has 0 bridgehead atoms. The zero-order chi connectivity index (χ0) is 12.1. The maximum absolute atomic E-state index is 13.9. The molecule has 94 valence electrons. The van der Waals surface area contributed by atoms with E-state index in [0.717, 1.165) is 19.3 Å². The van der Waals surface area contributed by atoms with Crippen LogP contribution in [0.1, 0.15) is 46.0 Å². The first-order valence-electron chi connectivity index (χ1n) is 6.27. The molecule has 0 radical (unpaired) electrons. The number of rotatable bonds is 4. The summed E-state index contributed by atoms with van der Waals surface area (Å²) in [4.78, 5) is 11.3. The molecule has 0 aromatic carbocycles. The summed E-state index contributed by atoms with van der Waals surface area (Å²) in [5.74, 6) is 0.299. The molecule has 1 rings (SSSR count). The first-order valence-corrected chi connectivity index (χ1v) is 6.27. The van der Waals surface area contributed by atoms with Crippen LogP contribution in [-0.4, -0.2) is 19.3 Å². The van der Waals surface area contributed by atoms with Crippen LogP contribution in [0.15, 0.2) is 0 Å². The number of carbonyl (C=O) groups is 1. The van der Waals surface area contributed by atoms with Crippen LogP contribution in [-0.2, 0) is 9.53 Å². The fourth-order valence-corrected chi connectivity index (χ4v) is 2.75. The second kappa shape index (κ2) is 6.21. The predicted molar refractivity (Wildman–Crippen MR) is 61.8 cm³/mol. The topological polar surface area (TPSA) is 26.3 Å². The van der Waals surface area contributed by atoms with Crippen LogP contribution in [0.5, 0.6) is 0 Å². The van der Waals surface area contributed by atoms with Crippen LogP contribution in [0.4, 0.5) is 4.39 Å². The van der Waals surface area contributed by atoms with Gasteiger partial charge in [-0.25, -0.2) is 4.39 Å². The zero-order valence-corrected chi connectivity index (χ0v) is 10.5. The Morgan fingerprint density at radius 2 is 2.00 bits per heavy atom. The minimum atomic E-state index is -0.731. The summed E-state index contributed by atoms with van der Waals surface area (Å²) in [6.45, 7) is 4.13. The minimum Gasteiger partial charge on any atom is -0.469 e. The molecule has 0 saturated heterocycles. The number of methoxy groups -OCH3 is 1. The van der Waals surface area contributed by atoms with Crippen molar-refractivity contribution in [2.75, 3.05) is 7.11 Å². The number of ether oxygens (including phenoxy) is 1. The molecule has 1 aliphatic carbocycles. The van der Waals surface area contributed by atoms with Gasteiger partial charge in [-0.1, -0.05) is 26.7 Å². The van der Waals surface area contributed by atoms with Crippen molar-refractivity contribution in [2.45, 2.75) is 52.1 Å². The van der Waals surface area contributed by atoms with Crippen molar-refractivity contribution >= 4 is 5.97 Å². The van der Waals surface area contributed by atoms with Gasteiger partial charge >= 0.3 is 5.97 Å². The molecule has 0 spiro atoms. The summed E-state index contributed by atoms with van der Waals surface area (Å²) < 4.78 is 18.6. The molecular formula is C13H23FO2. The van der Waals surface area contributed by atoms with Crippen molar-refractivity contribution in [1.82, 2.24) is 0 Å². The zero-order valence-electron chi connectivity index (χ0n) is 10.5. The Bertz CT molecular complexity index is 228. The smallest absolute Gasteiger partial charge is 0.305 e. The number of carbonyl (C=O) groups excluding carboxylic acids is 1. The molecule has 0 aromatic rings. The maximum atomic E-state index is 13.9. The average molecular weight is 230 g/mol. The Morgan fingerprint density at radius 1 is 1.38 bits per heavy atom. The molecule has 0 N–H and O–H groups in total. The third kappa shape index (κ3) is 3.46. The van der Waals surface area contributed by atoms with Gasteiger partial charge in [0.05, 0.1) is 7.11 Å². The lowest BCUT2D eigenvalue weighted by Gasteiger charge is -2.34. The SMILES string of the molecule is COC(=O)CC(C(C)C)C1CCCCC1F. The number of halogens is 1. The van der Waals surface area contributed by atoms with E-state index >= 15 is 0 Å². The van der Waals surface area contributed by atoms with E-state index in [1.165, 1.54) is 7.11 Å². The van der Waals surface area contributed by atoms with Crippen molar-refractivity contribution in [3.05, 3.63) is 0 Å². The van der Waals surface area contributed by atoms with E-state index < -0.39 is 6.17 Å². The van der Waals surface area contributed by atoms with E-state index in [-0.39, 0.29) is 17.8 Å². The first kappa shape index (κ1) is 13.5. The molecule has 1 saturated carbocycles. The van der Waals surface area contributed by atoms with E-state index in [2.05, 4.69) is 13.8 Å². The van der Waals surface area contributed by atoms with Gasteiger partial charge in [-0.15, -0.1) is 0 Å². The summed E-state index contributed by atoms with van der Waals surface area (Å²) in [7, 11) is 1.40. The highest BCUT2D eigenvalue weighted by Crippen LogP contribution is 2.37. The summed E-state index contributed by atoms with van der Waals surface area (Å²) in [6, 6.07) is 0. The quantitative estimate of drug-likeness (QED) is 0.692. The van der Waals surface area contributed by atoms with E-state index in [1.54, 1.807) is 0 Å². The second-order valence-corrected chi connectivity index (χ2v) is 5.15. The highest BCUT2D eigenvalue weighted by Gasteiger charge is 2.34. The van der Waals surface area contributed by atoms with Crippen molar-refractivity contribution in [2.24, 2.45) is 17.8 Å². The standard InChI is InChI=1S/C13H23FO2/c1-9(2)11(8-13(15)16-3)10-6-4-5-7-12(10)14/h9-12H,4-8H2,1-3H3. The van der Waals surface area contributed by atoms with E-state index in [9.17, 15) is 9.18 Å². The Balaban J connectivity index is 2.64. The van der Waals surface area contributed by atoms with Gasteiger partial charge in [-0.05, 0) is 30.6 Å². The Hall–Kier alpha value is -0.600. The van der Waals surface area contributed by atoms with Gasteiger partial charge in [0.2, 0.25) is 0 Å². The van der Waals surface area contributed by atoms with E-state index in [4.69, 9.17) is 4.74 Å². The van der Waals surface area contributed by atoms with Crippen LogP contribution in [0.3, 0.4) is 0 Å². The molecule has 1 aliphatic rings. The highest BCUT2D eigenvalue weighted by atomic mass is 19.1. The third-order valence-electron chi connectivity index (χ3n) is 3.77. The maximum Gasteiger partial charge on any atom is 0.305 e. The molecule has 16 heavy (non-hydrogen) atoms. The van der Waals surface area contributed by atoms with E-state index in [0.29, 0.717) is 18.8 Å². The van der Waals surface area contributed by atoms with Gasteiger partial charge in [0.25, 0.3) is 0 Å². The molecule has 3 heteroatoms. The minimum absolute atomic E-state index is 0.0489. The molecule has 0 aliphatic heterocycles. The lowest BCUT2D eigenvalue weighted by Crippen LogP contribution is -2.32. The van der Waals surface area contributed by atoms with Gasteiger partial charge in [0, 0.05) is 6.42 Å². The molecule has 0 heterocycles. The second-order valence-electron chi connectivity index (χ2n) is 5.15. The largest absolute Gasteiger partial charge is 0.469 e. The number of esters is 1. The fraction of sp³-hybridized carbons (Fsp3) is 0.923. The van der Waals surface area contributed by atoms with Crippen LogP contribution >= 0.6 is 0 Å². The molecular weight excluding hydrogens is 207 g/mol. The van der Waals surface area contributed by atoms with Gasteiger partial charge in [0.1, 0.15) is 6.17 Å². The number of hydrogen-bond donors (Lipinski definition) is 0. The fourth-order valence-electron chi connectivity index (χ4n) is 2.75. The molecule has 0 amide bonds. The summed E-state index contributed by atoms with van der Waals surface area (Å²) >= 11 is 0. The normalized spacial score (nSPS) is 27.8. The van der Waals surface area contributed by atoms with Crippen molar-refractivity contribution < 1.29 is 13.9 Å². The monoisotopic (exact) mass is 230 g/mol. The summed E-state index contributed by atoms with van der Waals surface area (Å²) in [5.41, 5.74) is 0. The van der Waals surface area contributed by atoms with Gasteiger partial charge in [-0.3, -0.25) is 4.79 Å². The van der Waals surface area contributed by atoms with Crippen molar-refractivity contribution in [3.8, 4) is 0 Å². The van der Waals surface area contributed by atoms with Crippen LogP contribution in [0.25, 0.3) is 0 Å². The Labute approximate surface area is 97.6 Å².